The van der Waals surface area contributed by atoms with Crippen molar-refractivity contribution in [2.45, 2.75) is 12.1 Å². The second kappa shape index (κ2) is 5.72. The first-order valence-corrected chi connectivity index (χ1v) is 5.30. The highest BCUT2D eigenvalue weighted by Gasteiger charge is 2.25. The number of nitrogens with zero attached hydrogens (tertiary/aromatic N) is 1. The first kappa shape index (κ1) is 13.6. The normalized spacial score (nSPS) is 14.6. The molecule has 0 aliphatic rings. The van der Waals surface area contributed by atoms with Crippen molar-refractivity contribution in [1.82, 2.24) is 0 Å². The highest BCUT2D eigenvalue weighted by Crippen LogP contribution is 2.19. The first-order chi connectivity index (χ1) is 7.97. The van der Waals surface area contributed by atoms with Crippen molar-refractivity contribution in [1.29, 1.82) is 0 Å². The number of quaternary nitrogens is 1. The minimum Gasteiger partial charge on any atom is -0.390 e. The van der Waals surface area contributed by atoms with Crippen LogP contribution in [0.25, 0.3) is 0 Å². The number of nitrogens with one attached hydrogen (secondary N) is 1. The number of hydrogen-bond donors (Lipinski definition) is 3. The Bertz CT molecular complexity index is 378. The summed E-state index contributed by atoms with van der Waals surface area (Å²) in [5.41, 5.74) is 0.551. The van der Waals surface area contributed by atoms with Crippen LogP contribution in [0.15, 0.2) is 24.3 Å². The van der Waals surface area contributed by atoms with E-state index in [-0.39, 0.29) is 18.3 Å². The van der Waals surface area contributed by atoms with Gasteiger partial charge in [0.15, 0.2) is 0 Å². The van der Waals surface area contributed by atoms with E-state index in [2.05, 4.69) is 0 Å². The molecule has 0 fully saturated rings. The summed E-state index contributed by atoms with van der Waals surface area (Å²) in [6, 6.07) is 5.36. The summed E-state index contributed by atoms with van der Waals surface area (Å²) in [5.74, 6) is 0. The number of rotatable bonds is 5. The van der Waals surface area contributed by atoms with Crippen molar-refractivity contribution in [2.24, 2.45) is 0 Å². The maximum atomic E-state index is 10.5. The molecule has 0 spiro atoms. The molecule has 6 heteroatoms. The van der Waals surface area contributed by atoms with E-state index in [9.17, 15) is 20.3 Å². The van der Waals surface area contributed by atoms with Crippen LogP contribution in [0.2, 0.25) is 0 Å². The van der Waals surface area contributed by atoms with Gasteiger partial charge in [-0.05, 0) is 17.7 Å². The van der Waals surface area contributed by atoms with Gasteiger partial charge in [-0.1, -0.05) is 0 Å². The van der Waals surface area contributed by atoms with Crippen LogP contribution >= 0.6 is 0 Å². The molecule has 1 rings (SSSR count). The third-order valence-electron chi connectivity index (χ3n) is 2.76. The van der Waals surface area contributed by atoms with Crippen LogP contribution in [0.3, 0.4) is 0 Å². The fourth-order valence-corrected chi connectivity index (χ4v) is 1.62. The fourth-order valence-electron chi connectivity index (χ4n) is 1.62. The lowest BCUT2D eigenvalue weighted by molar-refractivity contribution is -0.891. The average Bonchev–Trinajstić information content (AvgIpc) is 2.29. The zero-order chi connectivity index (χ0) is 13.0. The zero-order valence-electron chi connectivity index (χ0n) is 9.83. The van der Waals surface area contributed by atoms with Crippen molar-refractivity contribution < 1.29 is 20.0 Å². The number of aliphatic hydroxyl groups is 2. The molecule has 0 aliphatic heterocycles. The van der Waals surface area contributed by atoms with E-state index in [0.717, 1.165) is 4.90 Å². The summed E-state index contributed by atoms with van der Waals surface area (Å²) in [6.07, 6.45) is -0.842. The van der Waals surface area contributed by atoms with Crippen LogP contribution < -0.4 is 4.90 Å². The second-order valence-corrected chi connectivity index (χ2v) is 4.16. The number of non-ortho nitro benzene ring substituents is 1. The lowest BCUT2D eigenvalue weighted by atomic mass is 10.0. The van der Waals surface area contributed by atoms with Crippen LogP contribution in [0, 0.1) is 10.1 Å². The number of likely N-dealkylation sites (N-methyl/N-ethyl adjacent to an activating group) is 1. The Kier molecular flexibility index (Phi) is 4.56. The predicted octanol–water partition coefficient (Wildman–Crippen LogP) is -0.866. The monoisotopic (exact) mass is 241 g/mol. The van der Waals surface area contributed by atoms with Gasteiger partial charge in [-0.15, -0.1) is 0 Å². The number of hydrogen-bond acceptors (Lipinski definition) is 4. The van der Waals surface area contributed by atoms with Gasteiger partial charge >= 0.3 is 0 Å². The minimum absolute atomic E-state index is 0.0151. The maximum Gasteiger partial charge on any atom is 0.269 e. The van der Waals surface area contributed by atoms with E-state index in [1.165, 1.54) is 24.3 Å². The van der Waals surface area contributed by atoms with E-state index in [0.29, 0.717) is 5.56 Å². The van der Waals surface area contributed by atoms with Crippen LogP contribution in [-0.2, 0) is 0 Å². The van der Waals surface area contributed by atoms with Crippen LogP contribution in [0.5, 0.6) is 0 Å². The molecule has 0 aromatic heterocycles. The van der Waals surface area contributed by atoms with Crippen molar-refractivity contribution in [3.63, 3.8) is 0 Å². The quantitative estimate of drug-likeness (QED) is 0.462. The molecule has 94 valence electrons. The molecular formula is C11H17N2O4+. The predicted molar refractivity (Wildman–Crippen MR) is 61.7 cm³/mol. The molecule has 0 bridgehead atoms. The van der Waals surface area contributed by atoms with Crippen molar-refractivity contribution >= 4 is 5.69 Å². The Morgan fingerprint density at radius 1 is 1.35 bits per heavy atom. The molecule has 1 aromatic rings. The van der Waals surface area contributed by atoms with E-state index in [1.54, 1.807) is 0 Å². The lowest BCUT2D eigenvalue weighted by Crippen LogP contribution is -3.11. The maximum absolute atomic E-state index is 10.5. The van der Waals surface area contributed by atoms with Gasteiger partial charge in [0.05, 0.1) is 25.6 Å². The number of benzene rings is 1. The standard InChI is InChI=1S/C11H16N2O4/c1-12(2)10(7-14)11(15)8-3-5-9(6-4-8)13(16)17/h3-6,10-11,14-15H,7H2,1-2H3/p+1/t10-,11+/m0/s1. The second-order valence-electron chi connectivity index (χ2n) is 4.16. The Morgan fingerprint density at radius 3 is 2.24 bits per heavy atom. The molecule has 0 saturated heterocycles. The summed E-state index contributed by atoms with van der Waals surface area (Å²) in [4.78, 5) is 10.9. The molecular weight excluding hydrogens is 224 g/mol. The Balaban J connectivity index is 2.88. The molecule has 1 aromatic carbocycles. The summed E-state index contributed by atoms with van der Waals surface area (Å²) in [5, 5.41) is 29.7. The van der Waals surface area contributed by atoms with E-state index in [4.69, 9.17) is 0 Å². The van der Waals surface area contributed by atoms with E-state index >= 15 is 0 Å². The first-order valence-electron chi connectivity index (χ1n) is 5.30. The molecule has 0 amide bonds. The van der Waals surface area contributed by atoms with Gasteiger partial charge < -0.3 is 15.1 Å². The van der Waals surface area contributed by atoms with Gasteiger partial charge in [0.2, 0.25) is 0 Å². The van der Waals surface area contributed by atoms with Gasteiger partial charge in [0, 0.05) is 12.1 Å². The van der Waals surface area contributed by atoms with Gasteiger partial charge in [-0.3, -0.25) is 10.1 Å². The molecule has 0 radical (unpaired) electrons. The summed E-state index contributed by atoms with van der Waals surface area (Å²) < 4.78 is 0. The highest BCUT2D eigenvalue weighted by atomic mass is 16.6. The number of aliphatic hydroxyl groups excluding tert-OH is 2. The smallest absolute Gasteiger partial charge is 0.269 e. The molecule has 3 N–H and O–H groups in total. The zero-order valence-corrected chi connectivity index (χ0v) is 9.83. The van der Waals surface area contributed by atoms with Crippen molar-refractivity contribution in [3.05, 3.63) is 39.9 Å². The van der Waals surface area contributed by atoms with Gasteiger partial charge in [0.1, 0.15) is 12.1 Å². The topological polar surface area (TPSA) is 88.0 Å². The Morgan fingerprint density at radius 2 is 1.88 bits per heavy atom. The number of nitro benzene ring substituents is 1. The Labute approximate surface area is 99.3 Å². The van der Waals surface area contributed by atoms with Crippen molar-refractivity contribution in [3.8, 4) is 0 Å². The summed E-state index contributed by atoms with van der Waals surface area (Å²) >= 11 is 0. The summed E-state index contributed by atoms with van der Waals surface area (Å²) in [6.45, 7) is -0.152. The summed E-state index contributed by atoms with van der Waals surface area (Å²) in [7, 11) is 3.66. The van der Waals surface area contributed by atoms with Crippen molar-refractivity contribution in [2.75, 3.05) is 20.7 Å². The Hall–Kier alpha value is -1.50. The molecule has 0 heterocycles. The molecule has 0 saturated carbocycles. The van der Waals surface area contributed by atoms with Crippen LogP contribution in [-0.4, -0.2) is 41.9 Å². The van der Waals surface area contributed by atoms with Crippen LogP contribution in [0.4, 0.5) is 5.69 Å². The molecule has 2 atom stereocenters. The molecule has 17 heavy (non-hydrogen) atoms. The van der Waals surface area contributed by atoms with E-state index < -0.39 is 11.0 Å². The molecule has 6 nitrogen and oxygen atoms in total. The minimum atomic E-state index is -0.842. The number of nitro groups is 1. The third kappa shape index (κ3) is 3.23. The molecule has 0 aliphatic carbocycles. The van der Waals surface area contributed by atoms with Crippen LogP contribution in [0.1, 0.15) is 11.7 Å². The van der Waals surface area contributed by atoms with Gasteiger partial charge in [0.25, 0.3) is 5.69 Å². The van der Waals surface area contributed by atoms with Gasteiger partial charge in [-0.2, -0.15) is 0 Å². The third-order valence-corrected chi connectivity index (χ3v) is 2.76. The average molecular weight is 241 g/mol. The SMILES string of the molecule is C[NH+](C)[C@@H](CO)[C@H](O)c1ccc([N+](=O)[O-])cc1. The van der Waals surface area contributed by atoms with Gasteiger partial charge in [-0.25, -0.2) is 0 Å². The highest BCUT2D eigenvalue weighted by molar-refractivity contribution is 5.34. The fraction of sp³-hybridized carbons (Fsp3) is 0.455. The van der Waals surface area contributed by atoms with E-state index in [1.807, 2.05) is 14.1 Å². The largest absolute Gasteiger partial charge is 0.390 e. The molecule has 0 unspecified atom stereocenters. The lowest BCUT2D eigenvalue weighted by Gasteiger charge is -2.24.